The molecular weight excluding hydrogens is 322 g/mol. The van der Waals surface area contributed by atoms with E-state index >= 15 is 0 Å². The quantitative estimate of drug-likeness (QED) is 0.850. The molecule has 4 nitrogen and oxygen atoms in total. The van der Waals surface area contributed by atoms with Crippen LogP contribution in [-0.2, 0) is 4.79 Å². The highest BCUT2D eigenvalue weighted by Gasteiger charge is 2.21. The van der Waals surface area contributed by atoms with E-state index < -0.39 is 12.0 Å². The van der Waals surface area contributed by atoms with Crippen LogP contribution >= 0.6 is 11.3 Å². The number of hydrogen-bond acceptors (Lipinski definition) is 3. The van der Waals surface area contributed by atoms with Gasteiger partial charge >= 0.3 is 6.61 Å². The van der Waals surface area contributed by atoms with Crippen molar-refractivity contribution in [3.8, 4) is 11.4 Å². The van der Waals surface area contributed by atoms with E-state index in [9.17, 15) is 13.6 Å². The molecule has 0 N–H and O–H groups in total. The molecule has 0 aliphatic heterocycles. The van der Waals surface area contributed by atoms with Gasteiger partial charge in [0.05, 0.1) is 0 Å². The first-order chi connectivity index (χ1) is 10.7. The van der Waals surface area contributed by atoms with E-state index in [2.05, 4.69) is 9.73 Å². The summed E-state index contributed by atoms with van der Waals surface area (Å²) in [6.45, 7) is 4.47. The van der Waals surface area contributed by atoms with Gasteiger partial charge in [-0.25, -0.2) is 0 Å². The van der Waals surface area contributed by atoms with Gasteiger partial charge in [0.15, 0.2) is 4.80 Å². The van der Waals surface area contributed by atoms with Gasteiger partial charge in [-0.3, -0.25) is 9.36 Å². The monoisotopic (exact) mass is 340 g/mol. The lowest BCUT2D eigenvalue weighted by atomic mass is 9.96. The van der Waals surface area contributed by atoms with Gasteiger partial charge in [-0.15, -0.1) is 11.3 Å². The Kier molecular flexibility index (Phi) is 4.99. The fourth-order valence-electron chi connectivity index (χ4n) is 1.76. The number of amides is 1. The highest BCUT2D eigenvalue weighted by molar-refractivity contribution is 7.09. The Balaban J connectivity index is 2.41. The smallest absolute Gasteiger partial charge is 0.387 e. The molecule has 0 radical (unpaired) electrons. The van der Waals surface area contributed by atoms with Gasteiger partial charge in [0, 0.05) is 22.2 Å². The Morgan fingerprint density at radius 3 is 2.39 bits per heavy atom. The highest BCUT2D eigenvalue weighted by atomic mass is 32.1. The van der Waals surface area contributed by atoms with Gasteiger partial charge in [0.2, 0.25) is 0 Å². The first-order valence-corrected chi connectivity index (χ1v) is 7.82. The summed E-state index contributed by atoms with van der Waals surface area (Å²) in [7, 11) is 0. The van der Waals surface area contributed by atoms with Crippen LogP contribution in [0.3, 0.4) is 0 Å². The summed E-state index contributed by atoms with van der Waals surface area (Å²) < 4.78 is 30.5. The molecule has 23 heavy (non-hydrogen) atoms. The van der Waals surface area contributed by atoms with Crippen LogP contribution in [0.5, 0.6) is 5.75 Å². The summed E-state index contributed by atoms with van der Waals surface area (Å²) in [4.78, 5) is 17.8. The third-order valence-corrected chi connectivity index (χ3v) is 3.85. The number of nitrogens with zero attached hydrogens (tertiary/aromatic N) is 2. The van der Waals surface area contributed by atoms with Gasteiger partial charge < -0.3 is 4.74 Å². The number of ether oxygens (including phenoxy) is 1. The van der Waals surface area contributed by atoms with E-state index in [4.69, 9.17) is 0 Å². The van der Waals surface area contributed by atoms with Crippen LogP contribution in [0.1, 0.15) is 25.6 Å². The van der Waals surface area contributed by atoms with E-state index in [1.54, 1.807) is 37.5 Å². The molecule has 0 bridgehead atoms. The van der Waals surface area contributed by atoms with Crippen LogP contribution in [0.2, 0.25) is 0 Å². The second kappa shape index (κ2) is 6.62. The number of thiazole rings is 1. The molecule has 124 valence electrons. The predicted octanol–water partition coefficient (Wildman–Crippen LogP) is 3.92. The Morgan fingerprint density at radius 2 is 1.87 bits per heavy atom. The second-order valence-corrected chi connectivity index (χ2v) is 7.25. The molecule has 2 rings (SSSR count). The molecule has 1 aromatic heterocycles. The zero-order chi connectivity index (χ0) is 17.2. The first-order valence-electron chi connectivity index (χ1n) is 7.00. The number of aryl methyl sites for hydroxylation is 1. The lowest BCUT2D eigenvalue weighted by molar-refractivity contribution is -0.125. The Hall–Kier alpha value is -2.02. The van der Waals surface area contributed by atoms with Crippen molar-refractivity contribution in [2.75, 3.05) is 0 Å². The molecule has 1 heterocycles. The van der Waals surface area contributed by atoms with Crippen LogP contribution in [0.4, 0.5) is 8.78 Å². The third kappa shape index (κ3) is 4.48. The highest BCUT2D eigenvalue weighted by Crippen LogP contribution is 2.19. The lowest BCUT2D eigenvalue weighted by Gasteiger charge is -2.12. The van der Waals surface area contributed by atoms with Gasteiger partial charge in [-0.05, 0) is 31.2 Å². The molecule has 0 spiro atoms. The van der Waals surface area contributed by atoms with Crippen molar-refractivity contribution < 1.29 is 18.3 Å². The largest absolute Gasteiger partial charge is 0.435 e. The summed E-state index contributed by atoms with van der Waals surface area (Å²) in [5.74, 6) is -0.133. The Labute approximate surface area is 137 Å². The van der Waals surface area contributed by atoms with Crippen LogP contribution in [0.25, 0.3) is 5.69 Å². The average Bonchev–Trinajstić information content (AvgIpc) is 2.78. The van der Waals surface area contributed by atoms with Gasteiger partial charge in [0.1, 0.15) is 5.75 Å². The maximum Gasteiger partial charge on any atom is 0.387 e. The number of hydrogen-bond donors (Lipinski definition) is 0. The Bertz CT molecular complexity index is 756. The minimum Gasteiger partial charge on any atom is -0.435 e. The topological polar surface area (TPSA) is 43.6 Å². The zero-order valence-corrected chi connectivity index (χ0v) is 14.2. The van der Waals surface area contributed by atoms with Crippen LogP contribution in [0.15, 0.2) is 35.5 Å². The molecule has 1 aromatic carbocycles. The summed E-state index contributed by atoms with van der Waals surface area (Å²) in [5, 5.41) is 0. The summed E-state index contributed by atoms with van der Waals surface area (Å²) in [5.41, 5.74) is 0.154. The van der Waals surface area contributed by atoms with Crippen molar-refractivity contribution in [2.45, 2.75) is 34.3 Å². The molecule has 2 aromatic rings. The molecule has 0 unspecified atom stereocenters. The number of aromatic nitrogens is 1. The van der Waals surface area contributed by atoms with Crippen molar-refractivity contribution in [1.82, 2.24) is 4.57 Å². The van der Waals surface area contributed by atoms with Gasteiger partial charge in [-0.2, -0.15) is 13.8 Å². The van der Waals surface area contributed by atoms with E-state index in [1.165, 1.54) is 23.5 Å². The molecule has 0 aliphatic rings. The fraction of sp³-hybridized carbons (Fsp3) is 0.375. The Morgan fingerprint density at radius 1 is 1.26 bits per heavy atom. The van der Waals surface area contributed by atoms with E-state index in [-0.39, 0.29) is 11.7 Å². The average molecular weight is 340 g/mol. The SMILES string of the molecule is Cc1cn(-c2ccc(OC(F)F)cc2)c(=NC(=O)C(C)(C)C)s1. The third-order valence-electron chi connectivity index (χ3n) is 2.95. The van der Waals surface area contributed by atoms with Crippen LogP contribution in [-0.4, -0.2) is 17.1 Å². The van der Waals surface area contributed by atoms with Crippen molar-refractivity contribution >= 4 is 17.2 Å². The fourth-order valence-corrected chi connectivity index (χ4v) is 2.59. The predicted molar refractivity (Wildman–Crippen MR) is 85.0 cm³/mol. The second-order valence-electron chi connectivity index (χ2n) is 6.03. The number of alkyl halides is 2. The zero-order valence-electron chi connectivity index (χ0n) is 13.3. The number of rotatable bonds is 3. The maximum absolute atomic E-state index is 12.2. The van der Waals surface area contributed by atoms with Gasteiger partial charge in [0.25, 0.3) is 5.91 Å². The normalized spacial score (nSPS) is 12.7. The number of carbonyl (C=O) groups excluding carboxylic acids is 1. The number of benzene rings is 1. The van der Waals surface area contributed by atoms with E-state index in [1.807, 2.05) is 13.1 Å². The molecule has 0 aliphatic carbocycles. The van der Waals surface area contributed by atoms with E-state index in [0.717, 1.165) is 10.6 Å². The number of carbonyl (C=O) groups is 1. The standard InChI is InChI=1S/C16H18F2N2O2S/c1-10-9-20(15(23-10)19-13(21)16(2,3)4)11-5-7-12(8-6-11)22-14(17)18/h5-9,14H,1-4H3. The van der Waals surface area contributed by atoms with E-state index in [0.29, 0.717) is 4.80 Å². The van der Waals surface area contributed by atoms with Crippen LogP contribution < -0.4 is 9.54 Å². The van der Waals surface area contributed by atoms with Crippen LogP contribution in [0, 0.1) is 12.3 Å². The molecule has 0 atom stereocenters. The van der Waals surface area contributed by atoms with Crippen molar-refractivity contribution in [3.05, 3.63) is 40.1 Å². The van der Waals surface area contributed by atoms with Crippen molar-refractivity contribution in [3.63, 3.8) is 0 Å². The number of halogens is 2. The van der Waals surface area contributed by atoms with Gasteiger partial charge in [-0.1, -0.05) is 20.8 Å². The van der Waals surface area contributed by atoms with Crippen molar-refractivity contribution in [1.29, 1.82) is 0 Å². The minimum absolute atomic E-state index is 0.0839. The molecule has 0 saturated heterocycles. The molecular formula is C16H18F2N2O2S. The minimum atomic E-state index is -2.85. The molecule has 1 amide bonds. The summed E-state index contributed by atoms with van der Waals surface area (Å²) >= 11 is 1.39. The first kappa shape index (κ1) is 17.3. The molecule has 7 heteroatoms. The molecule has 0 saturated carbocycles. The molecule has 0 fully saturated rings. The summed E-state index contributed by atoms with van der Waals surface area (Å²) in [6, 6.07) is 6.20. The summed E-state index contributed by atoms with van der Waals surface area (Å²) in [6.07, 6.45) is 1.85. The van der Waals surface area contributed by atoms with Crippen molar-refractivity contribution in [2.24, 2.45) is 10.4 Å². The maximum atomic E-state index is 12.2. The lowest BCUT2D eigenvalue weighted by Crippen LogP contribution is -2.22.